The maximum absolute atomic E-state index is 12.7. The van der Waals surface area contributed by atoms with Crippen LogP contribution >= 0.6 is 11.3 Å². The average molecular weight is 324 g/mol. The number of hydrogen-bond acceptors (Lipinski definition) is 4. The van der Waals surface area contributed by atoms with Crippen molar-refractivity contribution in [3.8, 4) is 0 Å². The smallest absolute Gasteiger partial charge is 0.273 e. The zero-order valence-electron chi connectivity index (χ0n) is 12.7. The molecule has 0 aliphatic heterocycles. The lowest BCUT2D eigenvalue weighted by Gasteiger charge is -2.18. The number of thiophene rings is 1. The van der Waals surface area contributed by atoms with Gasteiger partial charge in [-0.2, -0.15) is 0 Å². The number of nitrogens with zero attached hydrogens (tertiary/aromatic N) is 1. The molecule has 0 radical (unpaired) electrons. The van der Waals surface area contributed by atoms with E-state index in [0.29, 0.717) is 16.4 Å². The fourth-order valence-corrected chi connectivity index (χ4v) is 4.95. The van der Waals surface area contributed by atoms with Crippen molar-refractivity contribution in [1.82, 2.24) is 5.32 Å². The summed E-state index contributed by atoms with van der Waals surface area (Å²) >= 11 is 1.33. The SMILES string of the molecule is CNCc1sc(S(=O)(=O)N(C)c2ccc(C)cc2)cc1C. The van der Waals surface area contributed by atoms with E-state index in [0.717, 1.165) is 16.0 Å². The van der Waals surface area contributed by atoms with Gasteiger partial charge in [0.15, 0.2) is 0 Å². The van der Waals surface area contributed by atoms with Crippen LogP contribution in [0.5, 0.6) is 0 Å². The molecule has 0 aliphatic rings. The highest BCUT2D eigenvalue weighted by Gasteiger charge is 2.24. The maximum atomic E-state index is 12.7. The lowest BCUT2D eigenvalue weighted by molar-refractivity contribution is 0.596. The average Bonchev–Trinajstić information content (AvgIpc) is 2.81. The van der Waals surface area contributed by atoms with Gasteiger partial charge in [-0.1, -0.05) is 17.7 Å². The molecule has 0 spiro atoms. The van der Waals surface area contributed by atoms with Crippen molar-refractivity contribution in [3.63, 3.8) is 0 Å². The first kappa shape index (κ1) is 16.0. The van der Waals surface area contributed by atoms with Crippen molar-refractivity contribution < 1.29 is 8.42 Å². The molecule has 2 aromatic rings. The Labute approximate surface area is 130 Å². The Bertz CT molecular complexity index is 719. The first-order valence-electron chi connectivity index (χ1n) is 6.65. The minimum absolute atomic E-state index is 0.383. The van der Waals surface area contributed by atoms with Gasteiger partial charge >= 0.3 is 0 Å². The van der Waals surface area contributed by atoms with Crippen LogP contribution in [0.4, 0.5) is 5.69 Å². The number of sulfonamides is 1. The summed E-state index contributed by atoms with van der Waals surface area (Å²) < 4.78 is 27.1. The molecule has 4 nitrogen and oxygen atoms in total. The fourth-order valence-electron chi connectivity index (χ4n) is 1.98. The topological polar surface area (TPSA) is 49.4 Å². The van der Waals surface area contributed by atoms with Gasteiger partial charge in [-0.05, 0) is 44.7 Å². The molecule has 0 saturated heterocycles. The molecule has 0 amide bonds. The summed E-state index contributed by atoms with van der Waals surface area (Å²) in [6.45, 7) is 4.60. The first-order chi connectivity index (χ1) is 9.86. The minimum atomic E-state index is -3.50. The van der Waals surface area contributed by atoms with Crippen molar-refractivity contribution in [1.29, 1.82) is 0 Å². The standard InChI is InChI=1S/C15H20N2O2S2/c1-11-5-7-13(8-6-11)17(4)21(18,19)15-9-12(2)14(20-15)10-16-3/h5-9,16H,10H2,1-4H3. The van der Waals surface area contributed by atoms with Crippen molar-refractivity contribution in [2.75, 3.05) is 18.4 Å². The van der Waals surface area contributed by atoms with Gasteiger partial charge in [0.25, 0.3) is 10.0 Å². The predicted molar refractivity (Wildman–Crippen MR) is 88.6 cm³/mol. The zero-order chi connectivity index (χ0) is 15.6. The van der Waals surface area contributed by atoms with E-state index in [4.69, 9.17) is 0 Å². The molecule has 21 heavy (non-hydrogen) atoms. The third-order valence-electron chi connectivity index (χ3n) is 3.35. The van der Waals surface area contributed by atoms with Crippen LogP contribution in [-0.2, 0) is 16.6 Å². The van der Waals surface area contributed by atoms with E-state index in [2.05, 4.69) is 5.32 Å². The van der Waals surface area contributed by atoms with Crippen LogP contribution in [0.25, 0.3) is 0 Å². The molecular formula is C15H20N2O2S2. The molecule has 1 N–H and O–H groups in total. The molecule has 1 aromatic heterocycles. The summed E-state index contributed by atoms with van der Waals surface area (Å²) in [4.78, 5) is 1.05. The number of anilines is 1. The van der Waals surface area contributed by atoms with Gasteiger partial charge in [-0.15, -0.1) is 11.3 Å². The molecule has 0 unspecified atom stereocenters. The minimum Gasteiger partial charge on any atom is -0.315 e. The van der Waals surface area contributed by atoms with Gasteiger partial charge in [0.05, 0.1) is 5.69 Å². The summed E-state index contributed by atoms with van der Waals surface area (Å²) in [5.41, 5.74) is 2.78. The monoisotopic (exact) mass is 324 g/mol. The lowest BCUT2D eigenvalue weighted by atomic mass is 10.2. The quantitative estimate of drug-likeness (QED) is 0.920. The van der Waals surface area contributed by atoms with Crippen molar-refractivity contribution in [3.05, 3.63) is 46.3 Å². The molecule has 1 aromatic carbocycles. The second-order valence-electron chi connectivity index (χ2n) is 5.01. The number of benzene rings is 1. The van der Waals surface area contributed by atoms with Crippen LogP contribution in [-0.4, -0.2) is 22.5 Å². The van der Waals surface area contributed by atoms with Gasteiger partial charge in [0, 0.05) is 18.5 Å². The number of nitrogens with one attached hydrogen (secondary N) is 1. The number of hydrogen-bond donors (Lipinski definition) is 1. The van der Waals surface area contributed by atoms with E-state index in [1.165, 1.54) is 15.6 Å². The van der Waals surface area contributed by atoms with Gasteiger partial charge in [-0.25, -0.2) is 8.42 Å². The van der Waals surface area contributed by atoms with E-state index in [1.807, 2.05) is 45.2 Å². The molecule has 0 aliphatic carbocycles. The second kappa shape index (κ2) is 6.17. The van der Waals surface area contributed by atoms with Gasteiger partial charge in [-0.3, -0.25) is 4.31 Å². The van der Waals surface area contributed by atoms with Crippen LogP contribution in [0.15, 0.2) is 34.5 Å². The van der Waals surface area contributed by atoms with Crippen molar-refractivity contribution >= 4 is 27.0 Å². The molecule has 0 fully saturated rings. The van der Waals surface area contributed by atoms with E-state index < -0.39 is 10.0 Å². The normalized spacial score (nSPS) is 11.6. The Kier molecular flexibility index (Phi) is 4.70. The summed E-state index contributed by atoms with van der Waals surface area (Å²) in [6.07, 6.45) is 0. The maximum Gasteiger partial charge on any atom is 0.273 e. The summed E-state index contributed by atoms with van der Waals surface area (Å²) in [5, 5.41) is 3.06. The Hall–Kier alpha value is -1.37. The largest absolute Gasteiger partial charge is 0.315 e. The van der Waals surface area contributed by atoms with Crippen LogP contribution in [0.3, 0.4) is 0 Å². The van der Waals surface area contributed by atoms with Gasteiger partial charge in [0.2, 0.25) is 0 Å². The van der Waals surface area contributed by atoms with Crippen LogP contribution in [0, 0.1) is 13.8 Å². The van der Waals surface area contributed by atoms with Crippen molar-refractivity contribution in [2.24, 2.45) is 0 Å². The first-order valence-corrected chi connectivity index (χ1v) is 8.91. The Morgan fingerprint density at radius 2 is 1.81 bits per heavy atom. The number of aryl methyl sites for hydroxylation is 2. The van der Waals surface area contributed by atoms with E-state index in [-0.39, 0.29) is 0 Å². The summed E-state index contributed by atoms with van der Waals surface area (Å²) in [6, 6.07) is 9.21. The van der Waals surface area contributed by atoms with Crippen LogP contribution < -0.4 is 9.62 Å². The molecule has 0 atom stereocenters. The molecular weight excluding hydrogens is 304 g/mol. The third-order valence-corrected chi connectivity index (χ3v) is 6.82. The zero-order valence-corrected chi connectivity index (χ0v) is 14.3. The number of rotatable bonds is 5. The highest BCUT2D eigenvalue weighted by Crippen LogP contribution is 2.30. The molecule has 114 valence electrons. The van der Waals surface area contributed by atoms with Gasteiger partial charge < -0.3 is 5.32 Å². The van der Waals surface area contributed by atoms with E-state index in [1.54, 1.807) is 13.1 Å². The Balaban J connectivity index is 2.37. The summed E-state index contributed by atoms with van der Waals surface area (Å²) in [5.74, 6) is 0. The molecule has 2 rings (SSSR count). The highest BCUT2D eigenvalue weighted by molar-refractivity contribution is 7.94. The fraction of sp³-hybridized carbons (Fsp3) is 0.333. The molecule has 0 bridgehead atoms. The Morgan fingerprint density at radius 3 is 2.38 bits per heavy atom. The lowest BCUT2D eigenvalue weighted by Crippen LogP contribution is -2.25. The van der Waals surface area contributed by atoms with Gasteiger partial charge in [0.1, 0.15) is 4.21 Å². The molecule has 6 heteroatoms. The van der Waals surface area contributed by atoms with E-state index >= 15 is 0 Å². The summed E-state index contributed by atoms with van der Waals surface area (Å²) in [7, 11) is -0.0578. The highest BCUT2D eigenvalue weighted by atomic mass is 32.2. The van der Waals surface area contributed by atoms with Crippen LogP contribution in [0.1, 0.15) is 16.0 Å². The van der Waals surface area contributed by atoms with Crippen LogP contribution in [0.2, 0.25) is 0 Å². The third kappa shape index (κ3) is 3.28. The second-order valence-corrected chi connectivity index (χ2v) is 8.34. The molecule has 1 heterocycles. The predicted octanol–water partition coefficient (Wildman–Crippen LogP) is 2.91. The Morgan fingerprint density at radius 1 is 1.19 bits per heavy atom. The van der Waals surface area contributed by atoms with E-state index in [9.17, 15) is 8.42 Å². The van der Waals surface area contributed by atoms with Crippen molar-refractivity contribution in [2.45, 2.75) is 24.6 Å². The molecule has 0 saturated carbocycles.